The topological polar surface area (TPSA) is 81.7 Å². The van der Waals surface area contributed by atoms with Crippen LogP contribution in [0.5, 0.6) is 0 Å². The minimum atomic E-state index is -0.302. The monoisotopic (exact) mass is 407 g/mol. The van der Waals surface area contributed by atoms with Crippen molar-refractivity contribution in [1.82, 2.24) is 15.5 Å². The molecule has 30 heavy (non-hydrogen) atoms. The van der Waals surface area contributed by atoms with Crippen LogP contribution in [0.1, 0.15) is 29.5 Å². The molecule has 6 nitrogen and oxygen atoms in total. The van der Waals surface area contributed by atoms with E-state index < -0.39 is 0 Å². The van der Waals surface area contributed by atoms with Crippen LogP contribution in [0.4, 0.5) is 0 Å². The van der Waals surface area contributed by atoms with Crippen LogP contribution < -0.4 is 10.6 Å². The first kappa shape index (κ1) is 21.7. The second-order valence-corrected chi connectivity index (χ2v) is 7.56. The van der Waals surface area contributed by atoms with Crippen molar-refractivity contribution in [3.05, 3.63) is 77.4 Å². The van der Waals surface area contributed by atoms with Gasteiger partial charge in [-0.2, -0.15) is 0 Å². The van der Waals surface area contributed by atoms with Crippen molar-refractivity contribution in [1.29, 1.82) is 0 Å². The van der Waals surface area contributed by atoms with Gasteiger partial charge in [0.05, 0.1) is 12.6 Å². The summed E-state index contributed by atoms with van der Waals surface area (Å²) in [5, 5.41) is 15.0. The van der Waals surface area contributed by atoms with Gasteiger partial charge >= 0.3 is 0 Å². The van der Waals surface area contributed by atoms with E-state index in [9.17, 15) is 14.7 Å². The number of benzene rings is 2. The predicted octanol–water partition coefficient (Wildman–Crippen LogP) is 2.09. The quantitative estimate of drug-likeness (QED) is 0.586. The van der Waals surface area contributed by atoms with Crippen LogP contribution in [0, 0.1) is 0 Å². The number of amides is 2. The molecule has 0 bridgehead atoms. The summed E-state index contributed by atoms with van der Waals surface area (Å²) < 4.78 is 0. The molecule has 3 rings (SSSR count). The molecule has 2 aromatic rings. The van der Waals surface area contributed by atoms with Crippen molar-refractivity contribution in [2.75, 3.05) is 19.6 Å². The zero-order valence-corrected chi connectivity index (χ0v) is 17.1. The Morgan fingerprint density at radius 1 is 0.967 bits per heavy atom. The van der Waals surface area contributed by atoms with E-state index in [1.807, 2.05) is 42.5 Å². The average molecular weight is 408 g/mol. The van der Waals surface area contributed by atoms with Gasteiger partial charge in [-0.1, -0.05) is 54.6 Å². The number of hydrogen-bond donors (Lipinski definition) is 3. The molecule has 1 aliphatic heterocycles. The summed E-state index contributed by atoms with van der Waals surface area (Å²) >= 11 is 0. The van der Waals surface area contributed by atoms with Gasteiger partial charge in [0.25, 0.3) is 0 Å². The van der Waals surface area contributed by atoms with Gasteiger partial charge < -0.3 is 15.7 Å². The molecule has 0 saturated carbocycles. The van der Waals surface area contributed by atoms with Crippen LogP contribution >= 0.6 is 0 Å². The van der Waals surface area contributed by atoms with Gasteiger partial charge in [0.2, 0.25) is 11.8 Å². The molecule has 1 fully saturated rings. The molecule has 158 valence electrons. The third-order valence-corrected chi connectivity index (χ3v) is 5.13. The summed E-state index contributed by atoms with van der Waals surface area (Å²) in [4.78, 5) is 26.1. The molecular weight excluding hydrogens is 378 g/mol. The number of carbonyl (C=O) groups is 2. The van der Waals surface area contributed by atoms with Crippen molar-refractivity contribution < 1.29 is 14.7 Å². The van der Waals surface area contributed by atoms with Crippen LogP contribution in [0.15, 0.2) is 60.7 Å². The van der Waals surface area contributed by atoms with Gasteiger partial charge in [-0.15, -0.1) is 0 Å². The number of nitrogens with zero attached hydrogens (tertiary/aromatic N) is 1. The lowest BCUT2D eigenvalue weighted by Crippen LogP contribution is -2.36. The van der Waals surface area contributed by atoms with E-state index in [0.717, 1.165) is 43.6 Å². The third-order valence-electron chi connectivity index (χ3n) is 5.13. The van der Waals surface area contributed by atoms with Gasteiger partial charge in [-0.3, -0.25) is 14.5 Å². The fraction of sp³-hybridized carbons (Fsp3) is 0.333. The lowest BCUT2D eigenvalue weighted by atomic mass is 10.1. The maximum atomic E-state index is 12.0. The van der Waals surface area contributed by atoms with E-state index >= 15 is 0 Å². The molecular formula is C24H29N3O3. The highest BCUT2D eigenvalue weighted by molar-refractivity contribution is 5.94. The Balaban J connectivity index is 1.35. The molecule has 2 amide bonds. The van der Waals surface area contributed by atoms with Crippen molar-refractivity contribution >= 4 is 17.9 Å². The number of aliphatic hydroxyl groups excluding tert-OH is 1. The zero-order valence-electron chi connectivity index (χ0n) is 17.1. The maximum absolute atomic E-state index is 12.0. The Kier molecular flexibility index (Phi) is 8.18. The van der Waals surface area contributed by atoms with Crippen molar-refractivity contribution in [2.24, 2.45) is 0 Å². The molecule has 1 aliphatic rings. The van der Waals surface area contributed by atoms with E-state index in [4.69, 9.17) is 0 Å². The molecule has 1 heterocycles. The average Bonchev–Trinajstić information content (AvgIpc) is 2.78. The SMILES string of the molecule is O=C(/C=C/c1ccccc1)NCC(=O)NCc1ccc(CN2CCC(O)CC2)cc1. The van der Waals surface area contributed by atoms with E-state index in [1.54, 1.807) is 6.08 Å². The number of aliphatic hydroxyl groups is 1. The first-order chi connectivity index (χ1) is 14.6. The molecule has 0 spiro atoms. The van der Waals surface area contributed by atoms with Gasteiger partial charge in [0.1, 0.15) is 0 Å². The molecule has 0 unspecified atom stereocenters. The van der Waals surface area contributed by atoms with Crippen LogP contribution in [0.3, 0.4) is 0 Å². The summed E-state index contributed by atoms with van der Waals surface area (Å²) in [6.45, 7) is 3.08. The number of hydrogen-bond acceptors (Lipinski definition) is 4. The molecule has 0 radical (unpaired) electrons. The van der Waals surface area contributed by atoms with Crippen LogP contribution in [-0.2, 0) is 22.7 Å². The highest BCUT2D eigenvalue weighted by Gasteiger charge is 2.16. The lowest BCUT2D eigenvalue weighted by molar-refractivity contribution is -0.124. The van der Waals surface area contributed by atoms with E-state index in [2.05, 4.69) is 27.7 Å². The van der Waals surface area contributed by atoms with Gasteiger partial charge in [-0.05, 0) is 35.6 Å². The fourth-order valence-corrected chi connectivity index (χ4v) is 3.32. The Morgan fingerprint density at radius 2 is 1.63 bits per heavy atom. The summed E-state index contributed by atoms with van der Waals surface area (Å²) in [7, 11) is 0. The van der Waals surface area contributed by atoms with E-state index in [0.29, 0.717) is 6.54 Å². The van der Waals surface area contributed by atoms with E-state index in [1.165, 1.54) is 11.6 Å². The summed E-state index contributed by atoms with van der Waals surface area (Å²) in [6, 6.07) is 17.7. The second kappa shape index (κ2) is 11.3. The molecule has 3 N–H and O–H groups in total. The van der Waals surface area contributed by atoms with Gasteiger partial charge in [0, 0.05) is 32.3 Å². The number of nitrogens with one attached hydrogen (secondary N) is 2. The Labute approximate surface area is 177 Å². The predicted molar refractivity (Wildman–Crippen MR) is 117 cm³/mol. The molecule has 0 aromatic heterocycles. The fourth-order valence-electron chi connectivity index (χ4n) is 3.32. The largest absolute Gasteiger partial charge is 0.393 e. The van der Waals surface area contributed by atoms with Crippen LogP contribution in [0.25, 0.3) is 6.08 Å². The molecule has 2 aromatic carbocycles. The number of carbonyl (C=O) groups excluding carboxylic acids is 2. The standard InChI is InChI=1S/C24H29N3O3/c28-22-12-14-27(15-13-22)18-21-8-6-20(7-9-21)16-25-24(30)17-26-23(29)11-10-19-4-2-1-3-5-19/h1-11,22,28H,12-18H2,(H,25,30)(H,26,29)/b11-10+. The summed E-state index contributed by atoms with van der Waals surface area (Å²) in [5.41, 5.74) is 3.16. The molecule has 0 atom stereocenters. The summed E-state index contributed by atoms with van der Waals surface area (Å²) in [6.07, 6.45) is 4.65. The first-order valence-electron chi connectivity index (χ1n) is 10.3. The first-order valence-corrected chi connectivity index (χ1v) is 10.3. The molecule has 0 aliphatic carbocycles. The Hall–Kier alpha value is -2.96. The molecule has 6 heteroatoms. The van der Waals surface area contributed by atoms with Crippen LogP contribution in [0.2, 0.25) is 0 Å². The number of piperidine rings is 1. The minimum absolute atomic E-state index is 0.0587. The van der Waals surface area contributed by atoms with Crippen LogP contribution in [-0.4, -0.2) is 47.6 Å². The Bertz CT molecular complexity index is 842. The van der Waals surface area contributed by atoms with Gasteiger partial charge in [0.15, 0.2) is 0 Å². The highest BCUT2D eigenvalue weighted by atomic mass is 16.3. The normalized spacial score (nSPS) is 15.2. The van der Waals surface area contributed by atoms with Crippen molar-refractivity contribution in [3.63, 3.8) is 0 Å². The highest BCUT2D eigenvalue weighted by Crippen LogP contribution is 2.14. The van der Waals surface area contributed by atoms with Crippen molar-refractivity contribution in [3.8, 4) is 0 Å². The minimum Gasteiger partial charge on any atom is -0.393 e. The maximum Gasteiger partial charge on any atom is 0.244 e. The summed E-state index contributed by atoms with van der Waals surface area (Å²) in [5.74, 6) is -0.531. The van der Waals surface area contributed by atoms with Crippen molar-refractivity contribution in [2.45, 2.75) is 32.0 Å². The second-order valence-electron chi connectivity index (χ2n) is 7.56. The number of rotatable bonds is 8. The number of likely N-dealkylation sites (tertiary alicyclic amines) is 1. The third kappa shape index (κ3) is 7.46. The Morgan fingerprint density at radius 3 is 2.33 bits per heavy atom. The zero-order chi connectivity index (χ0) is 21.2. The smallest absolute Gasteiger partial charge is 0.244 e. The molecule has 1 saturated heterocycles. The lowest BCUT2D eigenvalue weighted by Gasteiger charge is -2.29. The van der Waals surface area contributed by atoms with Gasteiger partial charge in [-0.25, -0.2) is 0 Å². The van der Waals surface area contributed by atoms with E-state index in [-0.39, 0.29) is 24.5 Å².